The van der Waals surface area contributed by atoms with Crippen molar-refractivity contribution < 1.29 is 28.0 Å². The molecule has 3 aliphatic rings. The minimum Gasteiger partial charge on any atom is -0.455 e. The molecule has 0 unspecified atom stereocenters. The molecule has 2 aromatic heterocycles. The van der Waals surface area contributed by atoms with Gasteiger partial charge in [0.25, 0.3) is 21.6 Å². The molecule has 1 saturated heterocycles. The minimum absolute atomic E-state index is 0.0476. The summed E-state index contributed by atoms with van der Waals surface area (Å²) in [6.45, 7) is 9.00. The number of sulfonamides is 1. The molecule has 61 heavy (non-hydrogen) atoms. The number of hydrogen-bond donors (Lipinski definition) is 4. The highest BCUT2D eigenvalue weighted by Crippen LogP contribution is 2.43. The van der Waals surface area contributed by atoms with E-state index in [0.29, 0.717) is 30.8 Å². The van der Waals surface area contributed by atoms with Crippen molar-refractivity contribution in [1.29, 1.82) is 0 Å². The maximum Gasteiger partial charge on any atom is 0.293 e. The van der Waals surface area contributed by atoms with Gasteiger partial charge in [-0.15, -0.1) is 0 Å². The summed E-state index contributed by atoms with van der Waals surface area (Å²) < 4.78 is 35.7. The largest absolute Gasteiger partial charge is 0.455 e. The maximum absolute atomic E-state index is 13.9. The SMILES string of the molecule is CC1(C)CCC(CN2CCN(c3ccc(C(=O)NS(=O)(=O)c4ccc(NC[C@@H]5CC[C@@H](O)C5)c([N+](=O)[O-])c4)c(Oc4cnc5[nH]ccc5c4)c3)CC2)=C(c2ccc(Cl)cc2)C1. The molecule has 0 spiro atoms. The Kier molecular flexibility index (Phi) is 12.1. The number of ether oxygens (including phenoxy) is 1. The lowest BCUT2D eigenvalue weighted by Crippen LogP contribution is -2.47. The van der Waals surface area contributed by atoms with Crippen LogP contribution in [0.4, 0.5) is 17.1 Å². The highest BCUT2D eigenvalue weighted by atomic mass is 35.5. The molecule has 2 atom stereocenters. The quantitative estimate of drug-likeness (QED) is 0.0659. The molecular weight excluding hydrogens is 818 g/mol. The number of aliphatic hydroxyl groups excluding tert-OH is 1. The number of carbonyl (C=O) groups excluding carboxylic acids is 1. The number of allylic oxidation sites excluding steroid dienone is 1. The van der Waals surface area contributed by atoms with Crippen molar-refractivity contribution in [3.63, 3.8) is 0 Å². The summed E-state index contributed by atoms with van der Waals surface area (Å²) in [5.74, 6) is -0.365. The number of benzene rings is 3. The number of pyridine rings is 1. The van der Waals surface area contributed by atoms with Crippen LogP contribution in [0, 0.1) is 21.4 Å². The van der Waals surface area contributed by atoms with E-state index in [9.17, 15) is 28.4 Å². The predicted molar refractivity (Wildman–Crippen MR) is 237 cm³/mol. The van der Waals surface area contributed by atoms with E-state index in [0.717, 1.165) is 80.6 Å². The van der Waals surface area contributed by atoms with Gasteiger partial charge in [-0.05, 0) is 110 Å². The third-order valence-electron chi connectivity index (χ3n) is 12.1. The second-order valence-electron chi connectivity index (χ2n) is 17.1. The molecule has 0 radical (unpaired) electrons. The summed E-state index contributed by atoms with van der Waals surface area (Å²) in [7, 11) is -4.57. The first-order chi connectivity index (χ1) is 29.2. The van der Waals surface area contributed by atoms with Gasteiger partial charge in [0.2, 0.25) is 0 Å². The van der Waals surface area contributed by atoms with Gasteiger partial charge in [-0.1, -0.05) is 43.2 Å². The second kappa shape index (κ2) is 17.5. The number of piperazine rings is 1. The van der Waals surface area contributed by atoms with Crippen LogP contribution in [0.15, 0.2) is 95.7 Å². The number of amides is 1. The van der Waals surface area contributed by atoms with Crippen LogP contribution >= 0.6 is 11.6 Å². The molecule has 5 aromatic rings. The number of H-pyrrole nitrogens is 1. The van der Waals surface area contributed by atoms with Crippen molar-refractivity contribution in [2.24, 2.45) is 11.3 Å². The molecule has 8 rings (SSSR count). The van der Waals surface area contributed by atoms with Crippen LogP contribution < -0.4 is 19.7 Å². The Bertz CT molecular complexity index is 2590. The molecule has 2 fully saturated rings. The number of nitrogens with zero attached hydrogens (tertiary/aromatic N) is 4. The monoisotopic (exact) mass is 867 g/mol. The Hall–Kier alpha value is -5.48. The fourth-order valence-corrected chi connectivity index (χ4v) is 9.80. The van der Waals surface area contributed by atoms with E-state index >= 15 is 0 Å². The Balaban J connectivity index is 1.00. The van der Waals surface area contributed by atoms with E-state index in [-0.39, 0.29) is 28.3 Å². The van der Waals surface area contributed by atoms with Gasteiger partial charge in [-0.2, -0.15) is 0 Å². The predicted octanol–water partition coefficient (Wildman–Crippen LogP) is 8.39. The van der Waals surface area contributed by atoms with Crippen LogP contribution in [0.3, 0.4) is 0 Å². The molecule has 3 heterocycles. The van der Waals surface area contributed by atoms with Crippen molar-refractivity contribution >= 4 is 61.2 Å². The van der Waals surface area contributed by atoms with Crippen molar-refractivity contribution in [1.82, 2.24) is 19.6 Å². The summed E-state index contributed by atoms with van der Waals surface area (Å²) in [5, 5.41) is 26.5. The number of nitro benzene ring substituents is 1. The molecule has 1 amide bonds. The van der Waals surface area contributed by atoms with Crippen molar-refractivity contribution in [2.75, 3.05) is 49.5 Å². The van der Waals surface area contributed by atoms with Crippen LogP contribution in [0.1, 0.15) is 68.3 Å². The van der Waals surface area contributed by atoms with Crippen LogP contribution in [-0.2, 0) is 10.0 Å². The number of anilines is 2. The van der Waals surface area contributed by atoms with E-state index in [1.54, 1.807) is 24.4 Å². The number of nitrogens with one attached hydrogen (secondary N) is 3. The third-order valence-corrected chi connectivity index (χ3v) is 13.7. The molecule has 3 aromatic carbocycles. The van der Waals surface area contributed by atoms with Gasteiger partial charge < -0.3 is 25.0 Å². The van der Waals surface area contributed by atoms with Crippen molar-refractivity contribution in [3.05, 3.63) is 117 Å². The van der Waals surface area contributed by atoms with Crippen LogP contribution in [0.25, 0.3) is 16.6 Å². The Morgan fingerprint density at radius 3 is 2.57 bits per heavy atom. The normalized spacial score (nSPS) is 19.6. The van der Waals surface area contributed by atoms with Crippen LogP contribution in [0.5, 0.6) is 11.5 Å². The Morgan fingerprint density at radius 2 is 1.84 bits per heavy atom. The highest BCUT2D eigenvalue weighted by molar-refractivity contribution is 7.90. The minimum atomic E-state index is -4.57. The fourth-order valence-electron chi connectivity index (χ4n) is 8.68. The summed E-state index contributed by atoms with van der Waals surface area (Å²) in [5.41, 5.74) is 5.43. The standard InChI is InChI=1S/C45H50ClN7O7S/c1-45(2)15-13-32(39(25-45)30-4-6-33(46)7-5-30)28-51-17-19-52(20-18-51)34-8-11-38(42(23-34)60-36-22-31-14-16-47-43(31)49-27-36)44(55)50-61(58,59)37-10-12-40(41(24-37)53(56)57)48-26-29-3-9-35(54)21-29/h4-8,10-12,14,16,22-24,27,29,35,48,54H,3,9,13,15,17-21,25-26,28H2,1-2H3,(H,47,49)(H,50,55)/t29-,35-/m1/s1. The van der Waals surface area contributed by atoms with Gasteiger partial charge in [-0.25, -0.2) is 18.1 Å². The summed E-state index contributed by atoms with van der Waals surface area (Å²) in [6, 6.07) is 20.3. The number of fused-ring (bicyclic) bond motifs is 1. The van der Waals surface area contributed by atoms with Crippen LogP contribution in [0.2, 0.25) is 5.02 Å². The zero-order chi connectivity index (χ0) is 42.9. The van der Waals surface area contributed by atoms with Crippen molar-refractivity contribution in [2.45, 2.75) is 63.4 Å². The maximum atomic E-state index is 13.9. The lowest BCUT2D eigenvalue weighted by atomic mass is 9.72. The molecule has 14 nitrogen and oxygen atoms in total. The number of aliphatic hydroxyl groups is 1. The number of aromatic nitrogens is 2. The van der Waals surface area contributed by atoms with Gasteiger partial charge in [0.05, 0.1) is 27.7 Å². The first-order valence-corrected chi connectivity index (χ1v) is 22.5. The van der Waals surface area contributed by atoms with E-state index in [1.807, 2.05) is 18.2 Å². The topological polar surface area (TPSA) is 183 Å². The van der Waals surface area contributed by atoms with Gasteiger partial charge in [0.1, 0.15) is 22.8 Å². The first kappa shape index (κ1) is 42.2. The average Bonchev–Trinajstić information content (AvgIpc) is 3.89. The highest BCUT2D eigenvalue weighted by Gasteiger charge is 2.31. The van der Waals surface area contributed by atoms with Gasteiger partial charge >= 0.3 is 0 Å². The number of aromatic amines is 1. The third kappa shape index (κ3) is 9.86. The molecule has 2 aliphatic carbocycles. The van der Waals surface area contributed by atoms with E-state index < -0.39 is 37.5 Å². The van der Waals surface area contributed by atoms with Gasteiger partial charge in [-0.3, -0.25) is 19.8 Å². The van der Waals surface area contributed by atoms with Crippen molar-refractivity contribution in [3.8, 4) is 11.5 Å². The Morgan fingerprint density at radius 1 is 1.05 bits per heavy atom. The van der Waals surface area contributed by atoms with Gasteiger partial charge in [0, 0.05) is 73.7 Å². The number of carbonyl (C=O) groups is 1. The Labute approximate surface area is 360 Å². The fraction of sp³-hybridized carbons (Fsp3) is 0.378. The lowest BCUT2D eigenvalue weighted by Gasteiger charge is -2.39. The molecular formula is C45H50ClN7O7S. The smallest absolute Gasteiger partial charge is 0.293 e. The number of hydrogen-bond acceptors (Lipinski definition) is 11. The van der Waals surface area contributed by atoms with E-state index in [4.69, 9.17) is 16.3 Å². The number of rotatable bonds is 13. The number of nitro groups is 1. The average molecular weight is 868 g/mol. The summed E-state index contributed by atoms with van der Waals surface area (Å²) >= 11 is 6.24. The second-order valence-corrected chi connectivity index (χ2v) is 19.3. The molecule has 320 valence electrons. The van der Waals surface area contributed by atoms with E-state index in [1.165, 1.54) is 41.1 Å². The number of halogens is 1. The zero-order valence-electron chi connectivity index (χ0n) is 34.2. The zero-order valence-corrected chi connectivity index (χ0v) is 35.8. The summed E-state index contributed by atoms with van der Waals surface area (Å²) in [6.07, 6.45) is 8.10. The molecule has 16 heteroatoms. The molecule has 0 bridgehead atoms. The molecule has 4 N–H and O–H groups in total. The van der Waals surface area contributed by atoms with E-state index in [2.05, 4.69) is 55.8 Å². The lowest BCUT2D eigenvalue weighted by molar-refractivity contribution is -0.384. The first-order valence-electron chi connectivity index (χ1n) is 20.7. The molecule has 1 aliphatic heterocycles. The summed E-state index contributed by atoms with van der Waals surface area (Å²) in [4.78, 5) is 37.0. The van der Waals surface area contributed by atoms with Gasteiger partial charge in [0.15, 0.2) is 0 Å². The molecule has 1 saturated carbocycles. The van der Waals surface area contributed by atoms with Crippen LogP contribution in [-0.4, -0.2) is 84.6 Å².